The topological polar surface area (TPSA) is 29.1 Å². The van der Waals surface area contributed by atoms with E-state index in [2.05, 4.69) is 17.9 Å². The van der Waals surface area contributed by atoms with Gasteiger partial charge in [0, 0.05) is 6.54 Å². The minimum atomic E-state index is -0.0282. The van der Waals surface area contributed by atoms with E-state index in [9.17, 15) is 4.79 Å². The lowest BCUT2D eigenvalue weighted by molar-refractivity contribution is -0.118. The molecule has 11 heavy (non-hydrogen) atoms. The van der Waals surface area contributed by atoms with Crippen molar-refractivity contribution >= 4 is 29.9 Å². The van der Waals surface area contributed by atoms with E-state index in [1.165, 1.54) is 0 Å². The number of carbonyl (C=O) groups excluding carboxylic acids is 1. The van der Waals surface area contributed by atoms with Crippen LogP contribution in [-0.4, -0.2) is 11.7 Å². The Morgan fingerprint density at radius 1 is 1.73 bits per heavy atom. The van der Waals surface area contributed by atoms with E-state index in [1.807, 2.05) is 16.8 Å². The standard InChI is InChI=1S/C7H9NOS2/c9-7(4-10)8-3-6-1-2-11-5-6/h1-2,5,10H,3-4H2,(H,8,9). The molecule has 1 aromatic rings. The third-order valence-corrected chi connectivity index (χ3v) is 2.23. The highest BCUT2D eigenvalue weighted by Gasteiger charge is 1.96. The summed E-state index contributed by atoms with van der Waals surface area (Å²) in [6.07, 6.45) is 0. The van der Waals surface area contributed by atoms with E-state index in [0.717, 1.165) is 5.56 Å². The van der Waals surface area contributed by atoms with E-state index in [-0.39, 0.29) is 11.7 Å². The van der Waals surface area contributed by atoms with Gasteiger partial charge in [0.2, 0.25) is 5.91 Å². The fourth-order valence-electron chi connectivity index (χ4n) is 0.650. The van der Waals surface area contributed by atoms with Crippen molar-refractivity contribution in [2.24, 2.45) is 0 Å². The number of hydrogen-bond donors (Lipinski definition) is 2. The Morgan fingerprint density at radius 2 is 2.55 bits per heavy atom. The second-order valence-corrected chi connectivity index (χ2v) is 3.16. The Kier molecular flexibility index (Phi) is 3.45. The van der Waals surface area contributed by atoms with Crippen LogP contribution in [0.5, 0.6) is 0 Å². The van der Waals surface area contributed by atoms with Crippen LogP contribution in [0.2, 0.25) is 0 Å². The van der Waals surface area contributed by atoms with Crippen molar-refractivity contribution in [3.63, 3.8) is 0 Å². The highest BCUT2D eigenvalue weighted by Crippen LogP contribution is 2.04. The van der Waals surface area contributed by atoms with Crippen molar-refractivity contribution < 1.29 is 4.79 Å². The SMILES string of the molecule is O=C(CS)NCc1ccsc1. The Hall–Kier alpha value is -0.480. The lowest BCUT2D eigenvalue weighted by Gasteiger charge is -1.99. The summed E-state index contributed by atoms with van der Waals surface area (Å²) in [5, 5.41) is 6.73. The molecule has 1 N–H and O–H groups in total. The molecule has 0 atom stereocenters. The molecule has 1 rings (SSSR count). The third kappa shape index (κ3) is 2.95. The zero-order valence-electron chi connectivity index (χ0n) is 5.91. The molecule has 4 heteroatoms. The molecule has 2 nitrogen and oxygen atoms in total. The second-order valence-electron chi connectivity index (χ2n) is 2.07. The molecule has 1 amide bonds. The Morgan fingerprint density at radius 3 is 3.09 bits per heavy atom. The summed E-state index contributed by atoms with van der Waals surface area (Å²) in [4.78, 5) is 10.7. The van der Waals surface area contributed by atoms with Crippen LogP contribution in [-0.2, 0) is 11.3 Å². The minimum absolute atomic E-state index is 0.0282. The number of thiol groups is 1. The van der Waals surface area contributed by atoms with Crippen molar-refractivity contribution in [2.75, 3.05) is 5.75 Å². The molecule has 1 aromatic heterocycles. The van der Waals surface area contributed by atoms with Crippen molar-refractivity contribution in [1.29, 1.82) is 0 Å². The quantitative estimate of drug-likeness (QED) is 0.686. The van der Waals surface area contributed by atoms with E-state index < -0.39 is 0 Å². The molecule has 0 saturated heterocycles. The van der Waals surface area contributed by atoms with Crippen LogP contribution >= 0.6 is 24.0 Å². The van der Waals surface area contributed by atoms with Gasteiger partial charge in [0.05, 0.1) is 5.75 Å². The molecule has 1 heterocycles. The fourth-order valence-corrected chi connectivity index (χ4v) is 1.43. The molecule has 0 aliphatic carbocycles. The Labute approximate surface area is 75.0 Å². The summed E-state index contributed by atoms with van der Waals surface area (Å²) >= 11 is 5.47. The van der Waals surface area contributed by atoms with Crippen molar-refractivity contribution in [1.82, 2.24) is 5.32 Å². The first-order valence-electron chi connectivity index (χ1n) is 3.21. The first-order chi connectivity index (χ1) is 5.33. The number of thiophene rings is 1. The predicted octanol–water partition coefficient (Wildman–Crippen LogP) is 1.29. The first-order valence-corrected chi connectivity index (χ1v) is 4.79. The zero-order chi connectivity index (χ0) is 8.10. The molecule has 60 valence electrons. The normalized spacial score (nSPS) is 9.55. The maximum absolute atomic E-state index is 10.7. The fraction of sp³-hybridized carbons (Fsp3) is 0.286. The van der Waals surface area contributed by atoms with Gasteiger partial charge in [-0.05, 0) is 22.4 Å². The molecule has 0 radical (unpaired) electrons. The summed E-state index contributed by atoms with van der Waals surface area (Å²) in [6, 6.07) is 1.99. The van der Waals surface area contributed by atoms with Crippen LogP contribution in [0, 0.1) is 0 Å². The van der Waals surface area contributed by atoms with E-state index in [0.29, 0.717) is 6.54 Å². The lowest BCUT2D eigenvalue weighted by Crippen LogP contribution is -2.23. The van der Waals surface area contributed by atoms with Crippen LogP contribution < -0.4 is 5.32 Å². The molecule has 0 spiro atoms. The third-order valence-electron chi connectivity index (χ3n) is 1.21. The molecule has 0 bridgehead atoms. The van der Waals surface area contributed by atoms with Gasteiger partial charge in [-0.1, -0.05) is 0 Å². The van der Waals surface area contributed by atoms with Gasteiger partial charge in [0.15, 0.2) is 0 Å². The molecule has 0 aliphatic rings. The summed E-state index contributed by atoms with van der Waals surface area (Å²) in [5.41, 5.74) is 1.14. The van der Waals surface area contributed by atoms with Gasteiger partial charge in [-0.2, -0.15) is 24.0 Å². The molecule has 0 fully saturated rings. The van der Waals surface area contributed by atoms with Gasteiger partial charge >= 0.3 is 0 Å². The number of carbonyl (C=O) groups is 1. The summed E-state index contributed by atoms with van der Waals surface area (Å²) < 4.78 is 0. The van der Waals surface area contributed by atoms with E-state index in [1.54, 1.807) is 11.3 Å². The Bertz CT molecular complexity index is 220. The predicted molar refractivity (Wildman–Crippen MR) is 50.0 cm³/mol. The van der Waals surface area contributed by atoms with E-state index >= 15 is 0 Å². The maximum Gasteiger partial charge on any atom is 0.229 e. The lowest BCUT2D eigenvalue weighted by atomic mass is 10.3. The number of nitrogens with one attached hydrogen (secondary N) is 1. The van der Waals surface area contributed by atoms with Crippen LogP contribution in [0.3, 0.4) is 0 Å². The van der Waals surface area contributed by atoms with Crippen LogP contribution in [0.1, 0.15) is 5.56 Å². The van der Waals surface area contributed by atoms with Gasteiger partial charge in [-0.15, -0.1) is 0 Å². The van der Waals surface area contributed by atoms with Crippen LogP contribution in [0.4, 0.5) is 0 Å². The zero-order valence-corrected chi connectivity index (χ0v) is 7.62. The van der Waals surface area contributed by atoms with Gasteiger partial charge in [-0.25, -0.2) is 0 Å². The minimum Gasteiger partial charge on any atom is -0.351 e. The molecule has 0 saturated carbocycles. The largest absolute Gasteiger partial charge is 0.351 e. The average molecular weight is 187 g/mol. The Balaban J connectivity index is 2.29. The van der Waals surface area contributed by atoms with Crippen LogP contribution in [0.25, 0.3) is 0 Å². The highest BCUT2D eigenvalue weighted by atomic mass is 32.1. The van der Waals surface area contributed by atoms with Crippen molar-refractivity contribution in [3.8, 4) is 0 Å². The molecular formula is C7H9NOS2. The monoisotopic (exact) mass is 187 g/mol. The van der Waals surface area contributed by atoms with Gasteiger partial charge in [0.25, 0.3) is 0 Å². The summed E-state index contributed by atoms with van der Waals surface area (Å²) in [6.45, 7) is 0.614. The van der Waals surface area contributed by atoms with Crippen molar-refractivity contribution in [2.45, 2.75) is 6.54 Å². The number of rotatable bonds is 3. The van der Waals surface area contributed by atoms with Crippen LogP contribution in [0.15, 0.2) is 16.8 Å². The highest BCUT2D eigenvalue weighted by molar-refractivity contribution is 7.81. The first kappa shape index (κ1) is 8.62. The van der Waals surface area contributed by atoms with Gasteiger partial charge in [-0.3, -0.25) is 4.79 Å². The maximum atomic E-state index is 10.7. The molecule has 0 aromatic carbocycles. The molecule has 0 aliphatic heterocycles. The number of hydrogen-bond acceptors (Lipinski definition) is 3. The van der Waals surface area contributed by atoms with E-state index in [4.69, 9.17) is 0 Å². The van der Waals surface area contributed by atoms with Gasteiger partial charge in [0.1, 0.15) is 0 Å². The molecular weight excluding hydrogens is 178 g/mol. The second kappa shape index (κ2) is 4.41. The van der Waals surface area contributed by atoms with Crippen molar-refractivity contribution in [3.05, 3.63) is 22.4 Å². The molecule has 0 unspecified atom stereocenters. The van der Waals surface area contributed by atoms with Gasteiger partial charge < -0.3 is 5.32 Å². The summed E-state index contributed by atoms with van der Waals surface area (Å²) in [7, 11) is 0. The number of amides is 1. The smallest absolute Gasteiger partial charge is 0.229 e. The summed E-state index contributed by atoms with van der Waals surface area (Å²) in [5.74, 6) is 0.226. The average Bonchev–Trinajstić information content (AvgIpc) is 2.52.